The van der Waals surface area contributed by atoms with Gasteiger partial charge in [-0.3, -0.25) is 9.59 Å². The van der Waals surface area contributed by atoms with Crippen LogP contribution in [-0.2, 0) is 0 Å². The number of hydrogen-bond donors (Lipinski definition) is 4. The number of amides is 2. The summed E-state index contributed by atoms with van der Waals surface area (Å²) in [5.41, 5.74) is 2.79. The molecule has 0 atom stereocenters. The third-order valence-electron chi connectivity index (χ3n) is 3.80. The van der Waals surface area contributed by atoms with Gasteiger partial charge in [-0.2, -0.15) is 0 Å². The molecule has 4 N–H and O–H groups in total. The number of carbonyl (C=O) groups excluding carboxylic acids is 2. The summed E-state index contributed by atoms with van der Waals surface area (Å²) in [7, 11) is 0. The molecular weight excluding hydrogens is 304 g/mol. The molecule has 0 unspecified atom stereocenters. The molecule has 0 fully saturated rings. The van der Waals surface area contributed by atoms with Crippen LogP contribution in [0, 0.1) is 0 Å². The topological polar surface area (TPSA) is 82.3 Å². The van der Waals surface area contributed by atoms with Gasteiger partial charge in [0.25, 0.3) is 11.8 Å². The first-order chi connectivity index (χ1) is 11.8. The highest BCUT2D eigenvalue weighted by Crippen LogP contribution is 2.16. The maximum atomic E-state index is 12.3. The highest BCUT2D eigenvalue weighted by Gasteiger charge is 2.13. The van der Waals surface area contributed by atoms with Gasteiger partial charge < -0.3 is 21.3 Å². The Bertz CT molecular complexity index is 682. The van der Waals surface area contributed by atoms with E-state index in [1.54, 1.807) is 12.1 Å². The zero-order chi connectivity index (χ0) is 16.8. The standard InChI is InChI=1S/C18H20N4O2/c23-17-13-5-1-3-7-15(13)19-9-10-20-16-8-4-2-6-14(16)18(24)22-12-11-21-17/h1-8,19-20H,9-12H2,(H,21,23)(H,22,24). The molecule has 0 aliphatic carbocycles. The number of carbonyl (C=O) groups is 2. The minimum absolute atomic E-state index is 0.155. The number of para-hydroxylation sites is 2. The second kappa shape index (κ2) is 7.50. The van der Waals surface area contributed by atoms with Crippen molar-refractivity contribution in [3.8, 4) is 0 Å². The maximum Gasteiger partial charge on any atom is 0.253 e. The lowest BCUT2D eigenvalue weighted by molar-refractivity contribution is 0.0928. The van der Waals surface area contributed by atoms with Crippen molar-refractivity contribution in [3.05, 3.63) is 59.7 Å². The summed E-state index contributed by atoms with van der Waals surface area (Å²) in [6, 6.07) is 14.8. The van der Waals surface area contributed by atoms with E-state index >= 15 is 0 Å². The molecule has 2 amide bonds. The predicted octanol–water partition coefficient (Wildman–Crippen LogP) is 1.68. The number of benzene rings is 2. The second-order valence-corrected chi connectivity index (χ2v) is 5.46. The Balaban J connectivity index is 1.80. The molecule has 0 bridgehead atoms. The van der Waals surface area contributed by atoms with Crippen molar-refractivity contribution in [3.63, 3.8) is 0 Å². The molecule has 0 saturated carbocycles. The Labute approximate surface area is 140 Å². The molecule has 1 aliphatic heterocycles. The lowest BCUT2D eigenvalue weighted by atomic mass is 10.1. The van der Waals surface area contributed by atoms with Crippen molar-refractivity contribution in [1.82, 2.24) is 10.6 Å². The van der Waals surface area contributed by atoms with Gasteiger partial charge in [0.1, 0.15) is 0 Å². The fourth-order valence-corrected chi connectivity index (χ4v) is 2.61. The van der Waals surface area contributed by atoms with Gasteiger partial charge in [0.15, 0.2) is 0 Å². The van der Waals surface area contributed by atoms with Gasteiger partial charge in [-0.1, -0.05) is 24.3 Å². The van der Waals surface area contributed by atoms with Gasteiger partial charge in [-0.05, 0) is 24.3 Å². The van der Waals surface area contributed by atoms with E-state index in [-0.39, 0.29) is 11.8 Å². The summed E-state index contributed by atoms with van der Waals surface area (Å²) >= 11 is 0. The largest absolute Gasteiger partial charge is 0.383 e. The zero-order valence-electron chi connectivity index (χ0n) is 13.3. The SMILES string of the molecule is O=C1NCCNC(=O)c2ccccc2NCCNc2ccccc21. The molecule has 1 aliphatic rings. The fraction of sp³-hybridized carbons (Fsp3) is 0.222. The van der Waals surface area contributed by atoms with Crippen LogP contribution in [0.3, 0.4) is 0 Å². The molecule has 3 rings (SSSR count). The van der Waals surface area contributed by atoms with Crippen LogP contribution in [0.5, 0.6) is 0 Å². The van der Waals surface area contributed by atoms with Crippen LogP contribution in [0.2, 0.25) is 0 Å². The van der Waals surface area contributed by atoms with E-state index in [0.717, 1.165) is 11.4 Å². The summed E-state index contributed by atoms with van der Waals surface area (Å²) in [6.45, 7) is 1.99. The number of anilines is 2. The van der Waals surface area contributed by atoms with Crippen molar-refractivity contribution in [1.29, 1.82) is 0 Å². The molecular formula is C18H20N4O2. The second-order valence-electron chi connectivity index (χ2n) is 5.46. The van der Waals surface area contributed by atoms with Gasteiger partial charge in [0, 0.05) is 37.6 Å². The Hall–Kier alpha value is -3.02. The monoisotopic (exact) mass is 324 g/mol. The Morgan fingerprint density at radius 1 is 0.542 bits per heavy atom. The molecule has 0 saturated heterocycles. The maximum absolute atomic E-state index is 12.3. The van der Waals surface area contributed by atoms with Gasteiger partial charge in [0.05, 0.1) is 11.1 Å². The lowest BCUT2D eigenvalue weighted by Gasteiger charge is -2.16. The quantitative estimate of drug-likeness (QED) is 0.594. The van der Waals surface area contributed by atoms with Crippen LogP contribution in [0.15, 0.2) is 48.5 Å². The first-order valence-corrected chi connectivity index (χ1v) is 7.98. The molecule has 124 valence electrons. The van der Waals surface area contributed by atoms with Crippen LogP contribution < -0.4 is 21.3 Å². The van der Waals surface area contributed by atoms with Crippen LogP contribution in [0.25, 0.3) is 0 Å². The summed E-state index contributed by atoms with van der Waals surface area (Å²) < 4.78 is 0. The molecule has 2 aromatic rings. The van der Waals surface area contributed by atoms with Gasteiger partial charge in [0.2, 0.25) is 0 Å². The number of hydrogen-bond acceptors (Lipinski definition) is 4. The number of rotatable bonds is 0. The average molecular weight is 324 g/mol. The molecule has 1 heterocycles. The smallest absolute Gasteiger partial charge is 0.253 e. The average Bonchev–Trinajstić information content (AvgIpc) is 2.62. The third-order valence-corrected chi connectivity index (χ3v) is 3.80. The normalized spacial score (nSPS) is 15.5. The Morgan fingerprint density at radius 2 is 0.917 bits per heavy atom. The Morgan fingerprint density at radius 3 is 1.38 bits per heavy atom. The molecule has 0 radical (unpaired) electrons. The predicted molar refractivity (Wildman–Crippen MR) is 94.5 cm³/mol. The van der Waals surface area contributed by atoms with E-state index in [1.165, 1.54) is 0 Å². The molecule has 2 aromatic carbocycles. The van der Waals surface area contributed by atoms with Crippen molar-refractivity contribution in [2.45, 2.75) is 0 Å². The van der Waals surface area contributed by atoms with E-state index < -0.39 is 0 Å². The van der Waals surface area contributed by atoms with Crippen molar-refractivity contribution in [2.24, 2.45) is 0 Å². The van der Waals surface area contributed by atoms with Crippen molar-refractivity contribution < 1.29 is 9.59 Å². The molecule has 0 aromatic heterocycles. The first-order valence-electron chi connectivity index (χ1n) is 7.98. The molecule has 24 heavy (non-hydrogen) atoms. The molecule has 6 nitrogen and oxygen atoms in total. The van der Waals surface area contributed by atoms with Gasteiger partial charge in [-0.15, -0.1) is 0 Å². The minimum Gasteiger partial charge on any atom is -0.383 e. The first kappa shape index (κ1) is 15.9. The van der Waals surface area contributed by atoms with Crippen LogP contribution in [0.4, 0.5) is 11.4 Å². The lowest BCUT2D eigenvalue weighted by Crippen LogP contribution is -2.35. The summed E-state index contributed by atoms with van der Waals surface area (Å²) in [4.78, 5) is 24.6. The van der Waals surface area contributed by atoms with Crippen molar-refractivity contribution in [2.75, 3.05) is 36.8 Å². The highest BCUT2D eigenvalue weighted by molar-refractivity contribution is 6.00. The number of fused-ring (bicyclic) bond motifs is 2. The zero-order valence-corrected chi connectivity index (χ0v) is 13.3. The summed E-state index contributed by atoms with van der Waals surface area (Å²) in [5.74, 6) is -0.310. The summed E-state index contributed by atoms with van der Waals surface area (Å²) in [5, 5.41) is 12.2. The van der Waals surface area contributed by atoms with E-state index in [9.17, 15) is 9.59 Å². The molecule has 0 spiro atoms. The van der Waals surface area contributed by atoms with Gasteiger partial charge in [-0.25, -0.2) is 0 Å². The van der Waals surface area contributed by atoms with Crippen molar-refractivity contribution >= 4 is 23.2 Å². The fourth-order valence-electron chi connectivity index (χ4n) is 2.61. The Kier molecular flexibility index (Phi) is 4.96. The highest BCUT2D eigenvalue weighted by atomic mass is 16.2. The van der Waals surface area contributed by atoms with E-state index in [4.69, 9.17) is 0 Å². The number of nitrogens with one attached hydrogen (secondary N) is 4. The summed E-state index contributed by atoms with van der Waals surface area (Å²) in [6.07, 6.45) is 0. The third kappa shape index (κ3) is 3.65. The van der Waals surface area contributed by atoms with E-state index in [2.05, 4.69) is 21.3 Å². The van der Waals surface area contributed by atoms with Gasteiger partial charge >= 0.3 is 0 Å². The van der Waals surface area contributed by atoms with Crippen LogP contribution >= 0.6 is 0 Å². The van der Waals surface area contributed by atoms with Crippen LogP contribution in [-0.4, -0.2) is 38.0 Å². The molecule has 6 heteroatoms. The van der Waals surface area contributed by atoms with E-state index in [0.29, 0.717) is 37.3 Å². The van der Waals surface area contributed by atoms with Crippen LogP contribution in [0.1, 0.15) is 20.7 Å². The minimum atomic E-state index is -0.155. The van der Waals surface area contributed by atoms with E-state index in [1.807, 2.05) is 36.4 Å².